The minimum absolute atomic E-state index is 0.253. The van der Waals surface area contributed by atoms with Crippen molar-refractivity contribution in [1.29, 1.82) is 0 Å². The average molecular weight is 266 g/mol. The minimum Gasteiger partial charge on any atom is -0.320 e. The summed E-state index contributed by atoms with van der Waals surface area (Å²) >= 11 is 0. The highest BCUT2D eigenvalue weighted by Gasteiger charge is 2.13. The molecular weight excluding hydrogens is 251 g/mol. The van der Waals surface area contributed by atoms with Gasteiger partial charge < -0.3 is 5.73 Å². The van der Waals surface area contributed by atoms with E-state index < -0.39 is 0 Å². The Hall–Kier alpha value is -2.26. The van der Waals surface area contributed by atoms with E-state index in [1.54, 1.807) is 12.1 Å². The molecule has 0 amide bonds. The number of halogens is 1. The van der Waals surface area contributed by atoms with E-state index >= 15 is 0 Å². The van der Waals surface area contributed by atoms with Crippen LogP contribution < -0.4 is 5.73 Å². The highest BCUT2D eigenvalue weighted by atomic mass is 19.1. The van der Waals surface area contributed by atoms with Crippen LogP contribution in [0.3, 0.4) is 0 Å². The molecule has 1 atom stereocenters. The van der Waals surface area contributed by atoms with E-state index in [0.29, 0.717) is 0 Å². The second-order valence-electron chi connectivity index (χ2n) is 4.90. The fourth-order valence-corrected chi connectivity index (χ4v) is 2.45. The number of rotatable bonds is 2. The highest BCUT2D eigenvalue weighted by Crippen LogP contribution is 2.27. The Morgan fingerprint density at radius 1 is 1.05 bits per heavy atom. The molecule has 2 nitrogen and oxygen atoms in total. The van der Waals surface area contributed by atoms with Gasteiger partial charge in [-0.25, -0.2) is 4.39 Å². The van der Waals surface area contributed by atoms with Crippen LogP contribution in [0.15, 0.2) is 54.6 Å². The van der Waals surface area contributed by atoms with Gasteiger partial charge in [-0.05, 0) is 42.3 Å². The Kier molecular flexibility index (Phi) is 3.20. The average Bonchev–Trinajstić information content (AvgIpc) is 2.46. The van der Waals surface area contributed by atoms with Gasteiger partial charge >= 0.3 is 0 Å². The Morgan fingerprint density at radius 2 is 1.75 bits per heavy atom. The number of benzene rings is 2. The predicted octanol–water partition coefficient (Wildman–Crippen LogP) is 3.73. The minimum atomic E-state index is -0.290. The molecule has 0 fully saturated rings. The molecular formula is C17H15FN2. The number of pyridine rings is 1. The lowest BCUT2D eigenvalue weighted by molar-refractivity contribution is 0.626. The van der Waals surface area contributed by atoms with Crippen LogP contribution in [0.5, 0.6) is 0 Å². The first kappa shape index (κ1) is 12.8. The second-order valence-corrected chi connectivity index (χ2v) is 4.90. The maximum absolute atomic E-state index is 13.0. The van der Waals surface area contributed by atoms with Crippen LogP contribution in [0, 0.1) is 12.7 Å². The van der Waals surface area contributed by atoms with Crippen molar-refractivity contribution in [3.05, 3.63) is 77.2 Å². The molecule has 2 aromatic carbocycles. The maximum atomic E-state index is 13.0. The first-order chi connectivity index (χ1) is 9.65. The van der Waals surface area contributed by atoms with Gasteiger partial charge in [-0.15, -0.1) is 0 Å². The molecule has 0 saturated carbocycles. The quantitative estimate of drug-likeness (QED) is 0.767. The number of nitrogens with two attached hydrogens (primary N) is 1. The molecule has 0 aliphatic rings. The van der Waals surface area contributed by atoms with E-state index in [4.69, 9.17) is 5.73 Å². The molecule has 1 heterocycles. The first-order valence-corrected chi connectivity index (χ1v) is 6.52. The van der Waals surface area contributed by atoms with Gasteiger partial charge in [-0.3, -0.25) is 4.98 Å². The summed E-state index contributed by atoms with van der Waals surface area (Å²) in [5.74, 6) is -0.253. The lowest BCUT2D eigenvalue weighted by atomic mass is 9.96. The van der Waals surface area contributed by atoms with Crippen molar-refractivity contribution in [3.63, 3.8) is 0 Å². The number of para-hydroxylation sites is 1. The number of hydrogen-bond acceptors (Lipinski definition) is 2. The van der Waals surface area contributed by atoms with Crippen LogP contribution in [0.1, 0.15) is 22.9 Å². The normalized spacial score (nSPS) is 12.6. The fourth-order valence-electron chi connectivity index (χ4n) is 2.45. The summed E-state index contributed by atoms with van der Waals surface area (Å²) in [4.78, 5) is 4.51. The van der Waals surface area contributed by atoms with E-state index in [2.05, 4.69) is 4.98 Å². The molecule has 3 rings (SSSR count). The van der Waals surface area contributed by atoms with Crippen LogP contribution in [0.4, 0.5) is 4.39 Å². The molecule has 0 radical (unpaired) electrons. The van der Waals surface area contributed by atoms with Gasteiger partial charge in [0.05, 0.1) is 11.6 Å². The maximum Gasteiger partial charge on any atom is 0.123 e. The van der Waals surface area contributed by atoms with Gasteiger partial charge in [0.15, 0.2) is 0 Å². The predicted molar refractivity (Wildman–Crippen MR) is 78.9 cm³/mol. The summed E-state index contributed by atoms with van der Waals surface area (Å²) in [6.45, 7) is 1.95. The van der Waals surface area contributed by atoms with Gasteiger partial charge in [0.1, 0.15) is 5.82 Å². The summed E-state index contributed by atoms with van der Waals surface area (Å²) in [5.41, 5.74) is 10.1. The summed E-state index contributed by atoms with van der Waals surface area (Å²) in [6, 6.07) is 16.0. The molecule has 3 heteroatoms. The second kappa shape index (κ2) is 5.02. The fraction of sp³-hybridized carbons (Fsp3) is 0.118. The monoisotopic (exact) mass is 266 g/mol. The summed E-state index contributed by atoms with van der Waals surface area (Å²) < 4.78 is 13.0. The topological polar surface area (TPSA) is 38.9 Å². The summed E-state index contributed by atoms with van der Waals surface area (Å²) in [7, 11) is 0. The van der Waals surface area contributed by atoms with Crippen LogP contribution in [0.2, 0.25) is 0 Å². The molecule has 100 valence electrons. The van der Waals surface area contributed by atoms with Crippen molar-refractivity contribution in [2.45, 2.75) is 13.0 Å². The first-order valence-electron chi connectivity index (χ1n) is 6.52. The van der Waals surface area contributed by atoms with Crippen LogP contribution in [-0.2, 0) is 0 Å². The molecule has 0 aliphatic heterocycles. The van der Waals surface area contributed by atoms with Gasteiger partial charge in [0, 0.05) is 11.1 Å². The van der Waals surface area contributed by atoms with E-state index in [1.807, 2.05) is 37.3 Å². The van der Waals surface area contributed by atoms with Crippen molar-refractivity contribution in [1.82, 2.24) is 4.98 Å². The SMILES string of the molecule is Cc1cc(C(N)c2ccc(F)cc2)c2ccccc2n1. The van der Waals surface area contributed by atoms with Crippen LogP contribution in [-0.4, -0.2) is 4.98 Å². The van der Waals surface area contributed by atoms with E-state index in [0.717, 1.165) is 27.7 Å². The molecule has 1 unspecified atom stereocenters. The van der Waals surface area contributed by atoms with E-state index in [9.17, 15) is 4.39 Å². The Balaban J connectivity index is 2.15. The van der Waals surface area contributed by atoms with Crippen molar-refractivity contribution in [3.8, 4) is 0 Å². The number of nitrogens with zero attached hydrogens (tertiary/aromatic N) is 1. The summed E-state index contributed by atoms with van der Waals surface area (Å²) in [5, 5.41) is 1.04. The molecule has 0 saturated heterocycles. The number of aromatic nitrogens is 1. The lowest BCUT2D eigenvalue weighted by Gasteiger charge is -2.16. The largest absolute Gasteiger partial charge is 0.320 e. The third-order valence-corrected chi connectivity index (χ3v) is 3.44. The van der Waals surface area contributed by atoms with Crippen LogP contribution in [0.25, 0.3) is 10.9 Å². The zero-order chi connectivity index (χ0) is 14.1. The highest BCUT2D eigenvalue weighted by molar-refractivity contribution is 5.83. The molecule has 3 aromatic rings. The van der Waals surface area contributed by atoms with Crippen molar-refractivity contribution < 1.29 is 4.39 Å². The smallest absolute Gasteiger partial charge is 0.123 e. The Bertz CT molecular complexity index is 751. The van der Waals surface area contributed by atoms with Gasteiger partial charge in [-0.2, -0.15) is 0 Å². The standard InChI is InChI=1S/C17H15FN2/c1-11-10-15(14-4-2-3-5-16(14)20-11)17(19)12-6-8-13(18)9-7-12/h2-10,17H,19H2,1H3. The van der Waals surface area contributed by atoms with Crippen molar-refractivity contribution in [2.24, 2.45) is 5.73 Å². The van der Waals surface area contributed by atoms with Gasteiger partial charge in [0.25, 0.3) is 0 Å². The zero-order valence-electron chi connectivity index (χ0n) is 11.2. The van der Waals surface area contributed by atoms with Gasteiger partial charge in [-0.1, -0.05) is 30.3 Å². The molecule has 0 bridgehead atoms. The van der Waals surface area contributed by atoms with Gasteiger partial charge in [0.2, 0.25) is 0 Å². The zero-order valence-corrected chi connectivity index (χ0v) is 11.2. The Morgan fingerprint density at radius 3 is 2.50 bits per heavy atom. The lowest BCUT2D eigenvalue weighted by Crippen LogP contribution is -2.13. The third-order valence-electron chi connectivity index (χ3n) is 3.44. The molecule has 0 spiro atoms. The number of fused-ring (bicyclic) bond motifs is 1. The van der Waals surface area contributed by atoms with Crippen LogP contribution >= 0.6 is 0 Å². The molecule has 1 aromatic heterocycles. The van der Waals surface area contributed by atoms with Crippen molar-refractivity contribution in [2.75, 3.05) is 0 Å². The molecule has 0 aliphatic carbocycles. The number of aryl methyl sites for hydroxylation is 1. The third kappa shape index (κ3) is 2.28. The van der Waals surface area contributed by atoms with E-state index in [-0.39, 0.29) is 11.9 Å². The van der Waals surface area contributed by atoms with Crippen molar-refractivity contribution >= 4 is 10.9 Å². The Labute approximate surface area is 117 Å². The van der Waals surface area contributed by atoms with E-state index in [1.165, 1.54) is 12.1 Å². The summed E-state index contributed by atoms with van der Waals surface area (Å²) in [6.07, 6.45) is 0. The molecule has 2 N–H and O–H groups in total. The number of hydrogen-bond donors (Lipinski definition) is 1. The molecule has 20 heavy (non-hydrogen) atoms.